The Hall–Kier alpha value is -3.69. The lowest BCUT2D eigenvalue weighted by molar-refractivity contribution is 0.0697. The van der Waals surface area contributed by atoms with Crippen LogP contribution < -0.4 is 0 Å². The lowest BCUT2D eigenvalue weighted by Gasteiger charge is -2.17. The van der Waals surface area contributed by atoms with Crippen molar-refractivity contribution in [1.29, 1.82) is 0 Å². The van der Waals surface area contributed by atoms with E-state index in [4.69, 9.17) is 15.3 Å². The van der Waals surface area contributed by atoms with Crippen LogP contribution in [-0.2, 0) is 0 Å². The number of benzene rings is 2. The molecule has 0 spiro atoms. The molecule has 0 amide bonds. The van der Waals surface area contributed by atoms with Crippen molar-refractivity contribution in [3.63, 3.8) is 0 Å². The number of carbonyl (C=O) groups is 1. The predicted molar refractivity (Wildman–Crippen MR) is 135 cm³/mol. The highest BCUT2D eigenvalue weighted by molar-refractivity contribution is 5.96. The van der Waals surface area contributed by atoms with Gasteiger partial charge in [0.2, 0.25) is 0 Å². The minimum atomic E-state index is -1.02. The molecule has 4 rings (SSSR count). The minimum Gasteiger partial charge on any atom is -0.505 e. The number of hydrogen-bond donors (Lipinski definition) is 5. The van der Waals surface area contributed by atoms with E-state index in [1.165, 1.54) is 12.1 Å². The summed E-state index contributed by atoms with van der Waals surface area (Å²) in [5.41, 5.74) is 3.95. The Morgan fingerprint density at radius 3 is 1.77 bits per heavy atom. The first-order valence-corrected chi connectivity index (χ1v) is 11.3. The maximum Gasteiger partial charge on any atom is 0.335 e. The van der Waals surface area contributed by atoms with Gasteiger partial charge in [0.1, 0.15) is 5.75 Å². The second-order valence-electron chi connectivity index (χ2n) is 7.79. The number of aromatic nitrogens is 1. The molecule has 0 saturated heterocycles. The van der Waals surface area contributed by atoms with Crippen LogP contribution in [0.25, 0.3) is 27.9 Å². The van der Waals surface area contributed by atoms with Crippen LogP contribution >= 0.6 is 0 Å². The first-order chi connectivity index (χ1) is 17.0. The number of hydrogen-bond acceptors (Lipinski definition) is 6. The fourth-order valence-electron chi connectivity index (χ4n) is 3.89. The molecule has 8 heteroatoms. The summed E-state index contributed by atoms with van der Waals surface area (Å²) in [4.78, 5) is 13.1. The summed E-state index contributed by atoms with van der Waals surface area (Å²) in [6.45, 7) is 1.75. The Bertz CT molecular complexity index is 1210. The molecule has 0 unspecified atom stereocenters. The smallest absolute Gasteiger partial charge is 0.335 e. The summed E-state index contributed by atoms with van der Waals surface area (Å²) >= 11 is 0. The number of aliphatic hydroxyl groups is 3. The molecule has 2 heterocycles. The third-order valence-corrected chi connectivity index (χ3v) is 5.52. The lowest BCUT2D eigenvalue weighted by atomic mass is 10.0. The summed E-state index contributed by atoms with van der Waals surface area (Å²) in [5.74, 6) is -0.946. The largest absolute Gasteiger partial charge is 0.505 e. The zero-order chi connectivity index (χ0) is 25.2. The van der Waals surface area contributed by atoms with Crippen LogP contribution in [0.5, 0.6) is 5.75 Å². The maximum atomic E-state index is 11.3. The van der Waals surface area contributed by atoms with E-state index in [1.54, 1.807) is 11.1 Å². The van der Waals surface area contributed by atoms with Gasteiger partial charge in [-0.15, -0.1) is 0 Å². The van der Waals surface area contributed by atoms with Gasteiger partial charge in [0.25, 0.3) is 0 Å². The van der Waals surface area contributed by atoms with Gasteiger partial charge in [0, 0.05) is 25.8 Å². The van der Waals surface area contributed by atoms with E-state index in [0.717, 1.165) is 16.8 Å². The molecule has 35 heavy (non-hydrogen) atoms. The Labute approximate surface area is 203 Å². The third kappa shape index (κ3) is 6.26. The number of rotatable bonds is 9. The Balaban J connectivity index is 0.000000292. The summed E-state index contributed by atoms with van der Waals surface area (Å²) < 4.78 is 1.83. The zero-order valence-corrected chi connectivity index (χ0v) is 19.3. The molecule has 0 atom stereocenters. The van der Waals surface area contributed by atoms with Crippen molar-refractivity contribution < 1.29 is 30.3 Å². The Morgan fingerprint density at radius 1 is 0.771 bits per heavy atom. The average molecular weight is 479 g/mol. The quantitative estimate of drug-likeness (QED) is 0.250. The molecule has 0 fully saturated rings. The first-order valence-electron chi connectivity index (χ1n) is 11.3. The molecule has 0 saturated carbocycles. The molecule has 8 nitrogen and oxygen atoms in total. The van der Waals surface area contributed by atoms with Crippen LogP contribution in [-0.4, -0.2) is 80.3 Å². The molecule has 5 N–H and O–H groups in total. The topological polar surface area (TPSA) is 126 Å². The highest BCUT2D eigenvalue weighted by Gasteiger charge is 2.21. The summed E-state index contributed by atoms with van der Waals surface area (Å²) in [6.07, 6.45) is 1.69. The normalized spacial score (nSPS) is 10.9. The third-order valence-electron chi connectivity index (χ3n) is 5.52. The molecule has 0 bridgehead atoms. The van der Waals surface area contributed by atoms with Gasteiger partial charge in [-0.3, -0.25) is 4.90 Å². The SMILES string of the molecule is O=C(O)c1ccn2c(-c3ccccc3)c(-c3ccccc3)c(O)c2c1.OCCN(CCO)CCO. The summed E-state index contributed by atoms with van der Waals surface area (Å²) in [6, 6.07) is 22.4. The molecule has 4 aromatic rings. The number of carboxylic acid groups (broad SMARTS) is 1. The molecular weight excluding hydrogens is 448 g/mol. The van der Waals surface area contributed by atoms with Crippen LogP contribution in [0.2, 0.25) is 0 Å². The molecule has 2 aromatic carbocycles. The molecule has 184 valence electrons. The van der Waals surface area contributed by atoms with Gasteiger partial charge >= 0.3 is 5.97 Å². The lowest BCUT2D eigenvalue weighted by Crippen LogP contribution is -2.32. The van der Waals surface area contributed by atoms with E-state index in [2.05, 4.69) is 0 Å². The summed E-state index contributed by atoms with van der Waals surface area (Å²) in [5, 5.41) is 45.6. The van der Waals surface area contributed by atoms with Crippen LogP contribution in [0.3, 0.4) is 0 Å². The van der Waals surface area contributed by atoms with Gasteiger partial charge in [-0.25, -0.2) is 4.79 Å². The van der Waals surface area contributed by atoms with E-state index >= 15 is 0 Å². The second-order valence-corrected chi connectivity index (χ2v) is 7.79. The van der Waals surface area contributed by atoms with E-state index in [-0.39, 0.29) is 31.1 Å². The van der Waals surface area contributed by atoms with Gasteiger partial charge in [0.05, 0.1) is 42.2 Å². The number of carboxylic acids is 1. The van der Waals surface area contributed by atoms with E-state index < -0.39 is 5.97 Å². The van der Waals surface area contributed by atoms with Crippen LogP contribution in [0.15, 0.2) is 79.0 Å². The van der Waals surface area contributed by atoms with Crippen molar-refractivity contribution in [3.05, 3.63) is 84.6 Å². The molecular formula is C27H30N2O6. The predicted octanol–water partition coefficient (Wildman–Crippen LogP) is 2.94. The summed E-state index contributed by atoms with van der Waals surface area (Å²) in [7, 11) is 0. The van der Waals surface area contributed by atoms with Crippen molar-refractivity contribution in [2.75, 3.05) is 39.5 Å². The van der Waals surface area contributed by atoms with Gasteiger partial charge in [-0.2, -0.15) is 0 Å². The van der Waals surface area contributed by atoms with Crippen molar-refractivity contribution in [2.45, 2.75) is 0 Å². The van der Waals surface area contributed by atoms with Gasteiger partial charge in [-0.1, -0.05) is 60.7 Å². The molecule has 0 radical (unpaired) electrons. The number of aromatic hydroxyl groups is 1. The standard InChI is InChI=1S/C21H15NO3.C6H15NO3/c23-20-17-13-16(21(24)25)11-12-22(17)19(15-9-5-2-6-10-15)18(20)14-7-3-1-4-8-14;8-4-1-7(2-5-9)3-6-10/h1-13,23H,(H,24,25);8-10H,1-6H2. The molecule has 0 aliphatic heterocycles. The second kappa shape index (κ2) is 12.7. The molecule has 0 aliphatic carbocycles. The number of aliphatic hydroxyl groups excluding tert-OH is 3. The van der Waals surface area contributed by atoms with Gasteiger partial charge < -0.3 is 29.9 Å². The van der Waals surface area contributed by atoms with E-state index in [0.29, 0.717) is 30.7 Å². The zero-order valence-electron chi connectivity index (χ0n) is 19.3. The van der Waals surface area contributed by atoms with Crippen molar-refractivity contribution in [3.8, 4) is 28.1 Å². The van der Waals surface area contributed by atoms with Crippen molar-refractivity contribution in [2.24, 2.45) is 0 Å². The average Bonchev–Trinajstić information content (AvgIpc) is 3.17. The number of nitrogens with zero attached hydrogens (tertiary/aromatic N) is 2. The minimum absolute atomic E-state index is 0.0694. The first kappa shape index (κ1) is 25.9. The van der Waals surface area contributed by atoms with E-state index in [1.807, 2.05) is 65.1 Å². The van der Waals surface area contributed by atoms with Crippen molar-refractivity contribution >= 4 is 11.5 Å². The monoisotopic (exact) mass is 478 g/mol. The number of fused-ring (bicyclic) bond motifs is 1. The number of pyridine rings is 1. The molecule has 0 aliphatic rings. The fourth-order valence-corrected chi connectivity index (χ4v) is 3.89. The van der Waals surface area contributed by atoms with Gasteiger partial charge in [-0.05, 0) is 23.3 Å². The Morgan fingerprint density at radius 2 is 1.29 bits per heavy atom. The van der Waals surface area contributed by atoms with E-state index in [9.17, 15) is 15.0 Å². The highest BCUT2D eigenvalue weighted by atomic mass is 16.4. The van der Waals surface area contributed by atoms with Crippen LogP contribution in [0, 0.1) is 0 Å². The highest BCUT2D eigenvalue weighted by Crippen LogP contribution is 2.43. The van der Waals surface area contributed by atoms with Gasteiger partial charge in [0.15, 0.2) is 0 Å². The van der Waals surface area contributed by atoms with Crippen LogP contribution in [0.4, 0.5) is 0 Å². The number of aromatic carboxylic acids is 1. The fraction of sp³-hybridized carbons (Fsp3) is 0.222. The Kier molecular flexibility index (Phi) is 9.39. The maximum absolute atomic E-state index is 11.3. The van der Waals surface area contributed by atoms with Crippen molar-refractivity contribution in [1.82, 2.24) is 9.30 Å². The molecule has 2 aromatic heterocycles. The van der Waals surface area contributed by atoms with Crippen LogP contribution in [0.1, 0.15) is 10.4 Å².